The molecule has 0 radical (unpaired) electrons. The molecule has 0 unspecified atom stereocenters. The Balaban J connectivity index is 1.74. The first-order chi connectivity index (χ1) is 12.2. The Morgan fingerprint density at radius 1 is 1.27 bits per heavy atom. The van der Waals surface area contributed by atoms with Crippen molar-refractivity contribution in [2.45, 2.75) is 45.6 Å². The van der Waals surface area contributed by atoms with Crippen molar-refractivity contribution >= 4 is 23.5 Å². The summed E-state index contributed by atoms with van der Waals surface area (Å²) in [6, 6.07) is 4.34. The van der Waals surface area contributed by atoms with Crippen LogP contribution >= 0.6 is 11.6 Å². The summed E-state index contributed by atoms with van der Waals surface area (Å²) < 4.78 is 13.7. The van der Waals surface area contributed by atoms with E-state index in [1.54, 1.807) is 6.07 Å². The molecule has 2 N–H and O–H groups in total. The second-order valence-corrected chi connectivity index (χ2v) is 8.20. The highest BCUT2D eigenvalue weighted by Gasteiger charge is 2.25. The van der Waals surface area contributed by atoms with E-state index in [2.05, 4.69) is 10.6 Å². The Hall–Kier alpha value is -1.82. The zero-order valence-electron chi connectivity index (χ0n) is 15.6. The third-order valence-electron chi connectivity index (χ3n) is 4.37. The van der Waals surface area contributed by atoms with Crippen molar-refractivity contribution in [3.05, 3.63) is 34.6 Å². The van der Waals surface area contributed by atoms with Gasteiger partial charge in [0.25, 0.3) is 0 Å². The van der Waals surface area contributed by atoms with Gasteiger partial charge in [-0.3, -0.25) is 4.79 Å². The number of halogens is 2. The van der Waals surface area contributed by atoms with Crippen LogP contribution in [0, 0.1) is 11.7 Å². The number of urea groups is 1. The van der Waals surface area contributed by atoms with Crippen LogP contribution in [0.5, 0.6) is 0 Å². The van der Waals surface area contributed by atoms with E-state index in [0.717, 1.165) is 12.8 Å². The SMILES string of the molecule is CC(C)(C)NC(=O)N1CCC(CNC(=O)Cc2c(F)cccc2Cl)CC1. The number of likely N-dealkylation sites (tertiary alicyclic amines) is 1. The molecule has 144 valence electrons. The van der Waals surface area contributed by atoms with Gasteiger partial charge in [-0.15, -0.1) is 0 Å². The van der Waals surface area contributed by atoms with Crippen LogP contribution in [-0.4, -0.2) is 42.0 Å². The first-order valence-corrected chi connectivity index (χ1v) is 9.30. The lowest BCUT2D eigenvalue weighted by molar-refractivity contribution is -0.120. The Kier molecular flexibility index (Phi) is 6.87. The second-order valence-electron chi connectivity index (χ2n) is 7.79. The van der Waals surface area contributed by atoms with Gasteiger partial charge in [0.2, 0.25) is 5.91 Å². The Bertz CT molecular complexity index is 632. The van der Waals surface area contributed by atoms with Gasteiger partial charge in [-0.05, 0) is 51.7 Å². The van der Waals surface area contributed by atoms with Crippen LogP contribution in [0.15, 0.2) is 18.2 Å². The van der Waals surface area contributed by atoms with Gasteiger partial charge in [-0.1, -0.05) is 17.7 Å². The summed E-state index contributed by atoms with van der Waals surface area (Å²) in [5, 5.41) is 6.08. The molecule has 5 nitrogen and oxygen atoms in total. The predicted molar refractivity (Wildman–Crippen MR) is 101 cm³/mol. The second kappa shape index (κ2) is 8.71. The lowest BCUT2D eigenvalue weighted by Gasteiger charge is -2.34. The van der Waals surface area contributed by atoms with Gasteiger partial charge in [0, 0.05) is 35.8 Å². The van der Waals surface area contributed by atoms with Gasteiger partial charge >= 0.3 is 6.03 Å². The van der Waals surface area contributed by atoms with E-state index < -0.39 is 5.82 Å². The van der Waals surface area contributed by atoms with Crippen molar-refractivity contribution in [2.24, 2.45) is 5.92 Å². The molecule has 2 rings (SSSR count). The van der Waals surface area contributed by atoms with E-state index in [1.165, 1.54) is 12.1 Å². The number of carbonyl (C=O) groups is 2. The van der Waals surface area contributed by atoms with Gasteiger partial charge in [-0.25, -0.2) is 9.18 Å². The summed E-state index contributed by atoms with van der Waals surface area (Å²) in [6.07, 6.45) is 1.59. The molecule has 1 aromatic rings. The summed E-state index contributed by atoms with van der Waals surface area (Å²) in [5.41, 5.74) is -0.0315. The van der Waals surface area contributed by atoms with Crippen molar-refractivity contribution in [3.8, 4) is 0 Å². The number of piperidine rings is 1. The van der Waals surface area contributed by atoms with E-state index in [1.807, 2.05) is 25.7 Å². The van der Waals surface area contributed by atoms with Crippen LogP contribution in [0.25, 0.3) is 0 Å². The molecule has 0 aromatic heterocycles. The summed E-state index contributed by atoms with van der Waals surface area (Å²) in [4.78, 5) is 26.0. The van der Waals surface area contributed by atoms with Crippen molar-refractivity contribution in [1.82, 2.24) is 15.5 Å². The van der Waals surface area contributed by atoms with Crippen LogP contribution < -0.4 is 10.6 Å². The fourth-order valence-electron chi connectivity index (χ4n) is 2.92. The summed E-state index contributed by atoms with van der Waals surface area (Å²) in [7, 11) is 0. The van der Waals surface area contributed by atoms with Gasteiger partial charge in [0.1, 0.15) is 5.82 Å². The van der Waals surface area contributed by atoms with Crippen LogP contribution in [0.2, 0.25) is 5.02 Å². The minimum Gasteiger partial charge on any atom is -0.356 e. The molecule has 0 saturated carbocycles. The normalized spacial score (nSPS) is 15.7. The maximum Gasteiger partial charge on any atom is 0.317 e. The summed E-state index contributed by atoms with van der Waals surface area (Å²) in [6.45, 7) is 7.72. The fraction of sp³-hybridized carbons (Fsp3) is 0.579. The lowest BCUT2D eigenvalue weighted by atomic mass is 9.96. The Morgan fingerprint density at radius 3 is 2.50 bits per heavy atom. The van der Waals surface area contributed by atoms with E-state index in [-0.39, 0.29) is 34.5 Å². The maximum atomic E-state index is 13.7. The summed E-state index contributed by atoms with van der Waals surface area (Å²) in [5.74, 6) is -0.399. The fourth-order valence-corrected chi connectivity index (χ4v) is 3.15. The minimum atomic E-state index is -0.467. The van der Waals surface area contributed by atoms with Crippen molar-refractivity contribution in [1.29, 1.82) is 0 Å². The first-order valence-electron chi connectivity index (χ1n) is 8.92. The molecule has 0 spiro atoms. The number of carbonyl (C=O) groups excluding carboxylic acids is 2. The number of hydrogen-bond acceptors (Lipinski definition) is 2. The van der Waals surface area contributed by atoms with Gasteiger partial charge in [0.15, 0.2) is 0 Å². The molecule has 1 aliphatic heterocycles. The number of amides is 3. The Labute approximate surface area is 159 Å². The topological polar surface area (TPSA) is 61.4 Å². The largest absolute Gasteiger partial charge is 0.356 e. The van der Waals surface area contributed by atoms with Crippen molar-refractivity contribution in [2.75, 3.05) is 19.6 Å². The first kappa shape index (κ1) is 20.5. The lowest BCUT2D eigenvalue weighted by Crippen LogP contribution is -2.51. The van der Waals surface area contributed by atoms with E-state index in [4.69, 9.17) is 11.6 Å². The highest BCUT2D eigenvalue weighted by Crippen LogP contribution is 2.20. The molecule has 3 amide bonds. The highest BCUT2D eigenvalue weighted by molar-refractivity contribution is 6.31. The number of rotatable bonds is 4. The van der Waals surface area contributed by atoms with Gasteiger partial charge in [-0.2, -0.15) is 0 Å². The van der Waals surface area contributed by atoms with Gasteiger partial charge < -0.3 is 15.5 Å². The van der Waals surface area contributed by atoms with Crippen LogP contribution in [0.3, 0.4) is 0 Å². The third kappa shape index (κ3) is 6.16. The molecule has 0 aliphatic carbocycles. The molecule has 1 aromatic carbocycles. The molecule has 1 aliphatic rings. The van der Waals surface area contributed by atoms with Crippen molar-refractivity contribution in [3.63, 3.8) is 0 Å². The monoisotopic (exact) mass is 383 g/mol. The van der Waals surface area contributed by atoms with Gasteiger partial charge in [0.05, 0.1) is 6.42 Å². The number of benzene rings is 1. The van der Waals surface area contributed by atoms with E-state index in [0.29, 0.717) is 25.6 Å². The molecular weight excluding hydrogens is 357 g/mol. The molecule has 1 fully saturated rings. The minimum absolute atomic E-state index is 0.0471. The Morgan fingerprint density at radius 2 is 1.92 bits per heavy atom. The molecule has 1 heterocycles. The average Bonchev–Trinajstić information content (AvgIpc) is 2.55. The predicted octanol–water partition coefficient (Wildman–Crippen LogP) is 3.36. The standard InChI is InChI=1S/C19H27ClFN3O2/c1-19(2,3)23-18(26)24-9-7-13(8-10-24)12-22-17(25)11-14-15(20)5-4-6-16(14)21/h4-6,13H,7-12H2,1-3H3,(H,22,25)(H,23,26). The number of hydrogen-bond donors (Lipinski definition) is 2. The molecule has 7 heteroatoms. The number of nitrogens with zero attached hydrogens (tertiary/aromatic N) is 1. The van der Waals surface area contributed by atoms with Crippen LogP contribution in [-0.2, 0) is 11.2 Å². The van der Waals surface area contributed by atoms with E-state index in [9.17, 15) is 14.0 Å². The van der Waals surface area contributed by atoms with Crippen LogP contribution in [0.1, 0.15) is 39.2 Å². The molecule has 26 heavy (non-hydrogen) atoms. The molecule has 1 saturated heterocycles. The zero-order chi connectivity index (χ0) is 19.3. The highest BCUT2D eigenvalue weighted by atomic mass is 35.5. The molecule has 0 bridgehead atoms. The summed E-state index contributed by atoms with van der Waals surface area (Å²) >= 11 is 5.95. The maximum absolute atomic E-state index is 13.7. The third-order valence-corrected chi connectivity index (χ3v) is 4.72. The molecular formula is C19H27ClFN3O2. The quantitative estimate of drug-likeness (QED) is 0.837. The number of nitrogens with one attached hydrogen (secondary N) is 2. The molecule has 0 atom stereocenters. The van der Waals surface area contributed by atoms with Crippen molar-refractivity contribution < 1.29 is 14.0 Å². The smallest absolute Gasteiger partial charge is 0.317 e. The zero-order valence-corrected chi connectivity index (χ0v) is 16.3. The average molecular weight is 384 g/mol. The van der Waals surface area contributed by atoms with Crippen LogP contribution in [0.4, 0.5) is 9.18 Å². The van der Waals surface area contributed by atoms with E-state index >= 15 is 0 Å².